The molecule has 0 aliphatic heterocycles. The predicted octanol–water partition coefficient (Wildman–Crippen LogP) is 2.07. The molecule has 106 valence electrons. The molecule has 0 bridgehead atoms. The maximum atomic E-state index is 11.3. The van der Waals surface area contributed by atoms with Gasteiger partial charge in [0.15, 0.2) is 0 Å². The van der Waals surface area contributed by atoms with Crippen LogP contribution >= 0.6 is 0 Å². The van der Waals surface area contributed by atoms with Crippen molar-refractivity contribution < 1.29 is 14.6 Å². The summed E-state index contributed by atoms with van der Waals surface area (Å²) in [6, 6.07) is 7.88. The van der Waals surface area contributed by atoms with Crippen LogP contribution in [0.25, 0.3) is 0 Å². The monoisotopic (exact) mass is 265 g/mol. The molecule has 0 heterocycles. The van der Waals surface area contributed by atoms with E-state index in [2.05, 4.69) is 23.5 Å². The van der Waals surface area contributed by atoms with Gasteiger partial charge in [-0.2, -0.15) is 0 Å². The molecule has 1 aromatic rings. The number of benzene rings is 1. The number of aliphatic hydroxyl groups excluding tert-OH is 1. The van der Waals surface area contributed by atoms with E-state index < -0.39 is 0 Å². The van der Waals surface area contributed by atoms with Crippen LogP contribution in [-0.4, -0.2) is 42.3 Å². The average Bonchev–Trinajstić information content (AvgIpc) is 2.43. The maximum absolute atomic E-state index is 11.3. The molecule has 0 saturated heterocycles. The van der Waals surface area contributed by atoms with Crippen molar-refractivity contribution in [1.82, 2.24) is 4.90 Å². The van der Waals surface area contributed by atoms with Gasteiger partial charge in [0.1, 0.15) is 0 Å². The molecule has 0 fully saturated rings. The molecule has 0 atom stereocenters. The van der Waals surface area contributed by atoms with Crippen LogP contribution in [0.2, 0.25) is 0 Å². The minimum atomic E-state index is -0.312. The fraction of sp³-hybridized carbons (Fsp3) is 0.533. The first kappa shape index (κ1) is 15.7. The van der Waals surface area contributed by atoms with E-state index in [4.69, 9.17) is 5.11 Å². The zero-order chi connectivity index (χ0) is 14.3. The van der Waals surface area contributed by atoms with Gasteiger partial charge in [0, 0.05) is 25.7 Å². The number of ether oxygens (including phenoxy) is 1. The van der Waals surface area contributed by atoms with Crippen LogP contribution in [0.15, 0.2) is 24.3 Å². The number of methoxy groups -OCH3 is 1. The molecule has 1 N–H and O–H groups in total. The van der Waals surface area contributed by atoms with Crippen LogP contribution in [0.4, 0.5) is 0 Å². The Labute approximate surface area is 115 Å². The first-order valence-electron chi connectivity index (χ1n) is 6.60. The Morgan fingerprint density at radius 1 is 1.32 bits per heavy atom. The Balaban J connectivity index is 2.66. The Morgan fingerprint density at radius 3 is 2.42 bits per heavy atom. The summed E-state index contributed by atoms with van der Waals surface area (Å²) >= 11 is 0. The highest BCUT2D eigenvalue weighted by molar-refractivity contribution is 5.89. The third kappa shape index (κ3) is 5.01. The van der Waals surface area contributed by atoms with Crippen molar-refractivity contribution in [2.45, 2.75) is 32.9 Å². The van der Waals surface area contributed by atoms with E-state index in [0.29, 0.717) is 11.6 Å². The lowest BCUT2D eigenvalue weighted by molar-refractivity contribution is 0.0600. The number of carbonyl (C=O) groups excluding carboxylic acids is 1. The quantitative estimate of drug-likeness (QED) is 0.767. The zero-order valence-electron chi connectivity index (χ0n) is 11.9. The van der Waals surface area contributed by atoms with Gasteiger partial charge in [0.25, 0.3) is 0 Å². The molecule has 0 radical (unpaired) electrons. The van der Waals surface area contributed by atoms with Gasteiger partial charge >= 0.3 is 5.97 Å². The molecular weight excluding hydrogens is 242 g/mol. The molecule has 0 aromatic heterocycles. The van der Waals surface area contributed by atoms with Gasteiger partial charge in [0.05, 0.1) is 12.7 Å². The third-order valence-electron chi connectivity index (χ3n) is 3.09. The van der Waals surface area contributed by atoms with Crippen LogP contribution in [0, 0.1) is 0 Å². The lowest BCUT2D eigenvalue weighted by Gasteiger charge is -2.26. The molecule has 0 amide bonds. The molecule has 0 saturated carbocycles. The first-order chi connectivity index (χ1) is 9.08. The highest BCUT2D eigenvalue weighted by atomic mass is 16.5. The molecule has 0 spiro atoms. The van der Waals surface area contributed by atoms with Gasteiger partial charge in [-0.1, -0.05) is 12.1 Å². The van der Waals surface area contributed by atoms with Crippen molar-refractivity contribution in [3.8, 4) is 0 Å². The Hall–Kier alpha value is -1.39. The second-order valence-corrected chi connectivity index (χ2v) is 4.83. The van der Waals surface area contributed by atoms with Crippen molar-refractivity contribution in [3.05, 3.63) is 35.4 Å². The summed E-state index contributed by atoms with van der Waals surface area (Å²) < 4.78 is 4.67. The molecule has 1 aromatic carbocycles. The average molecular weight is 265 g/mol. The normalized spacial score (nSPS) is 11.1. The van der Waals surface area contributed by atoms with Crippen LogP contribution in [0.1, 0.15) is 36.2 Å². The van der Waals surface area contributed by atoms with Gasteiger partial charge in [0.2, 0.25) is 0 Å². The molecule has 4 nitrogen and oxygen atoms in total. The number of esters is 1. The van der Waals surface area contributed by atoms with Crippen molar-refractivity contribution in [2.24, 2.45) is 0 Å². The molecule has 0 unspecified atom stereocenters. The third-order valence-corrected chi connectivity index (χ3v) is 3.09. The van der Waals surface area contributed by atoms with E-state index in [1.54, 1.807) is 12.1 Å². The number of hydrogen-bond acceptors (Lipinski definition) is 4. The summed E-state index contributed by atoms with van der Waals surface area (Å²) in [7, 11) is 1.38. The summed E-state index contributed by atoms with van der Waals surface area (Å²) in [6.45, 7) is 6.18. The Morgan fingerprint density at radius 2 is 1.95 bits per heavy atom. The number of aliphatic hydroxyl groups is 1. The van der Waals surface area contributed by atoms with Gasteiger partial charge in [-0.05, 0) is 38.0 Å². The van der Waals surface area contributed by atoms with Crippen molar-refractivity contribution in [2.75, 3.05) is 20.3 Å². The van der Waals surface area contributed by atoms with Crippen LogP contribution in [-0.2, 0) is 11.3 Å². The smallest absolute Gasteiger partial charge is 0.337 e. The van der Waals surface area contributed by atoms with Gasteiger partial charge < -0.3 is 9.84 Å². The predicted molar refractivity (Wildman–Crippen MR) is 75.0 cm³/mol. The van der Waals surface area contributed by atoms with Gasteiger partial charge in [-0.25, -0.2) is 4.79 Å². The van der Waals surface area contributed by atoms with Crippen molar-refractivity contribution >= 4 is 5.97 Å². The van der Waals surface area contributed by atoms with E-state index in [9.17, 15) is 4.79 Å². The first-order valence-corrected chi connectivity index (χ1v) is 6.60. The zero-order valence-corrected chi connectivity index (χ0v) is 11.9. The molecule has 1 rings (SSSR count). The lowest BCUT2D eigenvalue weighted by Crippen LogP contribution is -2.31. The summed E-state index contributed by atoms with van der Waals surface area (Å²) in [5.41, 5.74) is 1.72. The van der Waals surface area contributed by atoms with Crippen LogP contribution < -0.4 is 0 Å². The second-order valence-electron chi connectivity index (χ2n) is 4.83. The molecule has 19 heavy (non-hydrogen) atoms. The molecule has 0 aliphatic rings. The van der Waals surface area contributed by atoms with E-state index in [1.807, 2.05) is 12.1 Å². The number of hydrogen-bond donors (Lipinski definition) is 1. The molecular formula is C15H23NO3. The van der Waals surface area contributed by atoms with E-state index >= 15 is 0 Å². The Kier molecular flexibility index (Phi) is 6.53. The second kappa shape index (κ2) is 7.92. The minimum Gasteiger partial charge on any atom is -0.465 e. The van der Waals surface area contributed by atoms with E-state index in [0.717, 1.165) is 25.1 Å². The topological polar surface area (TPSA) is 49.8 Å². The summed E-state index contributed by atoms with van der Waals surface area (Å²) in [6.07, 6.45) is 0.776. The van der Waals surface area contributed by atoms with Crippen LogP contribution in [0.3, 0.4) is 0 Å². The fourth-order valence-electron chi connectivity index (χ4n) is 1.89. The lowest BCUT2D eigenvalue weighted by atomic mass is 10.1. The fourth-order valence-corrected chi connectivity index (χ4v) is 1.89. The minimum absolute atomic E-state index is 0.213. The maximum Gasteiger partial charge on any atom is 0.337 e. The largest absolute Gasteiger partial charge is 0.465 e. The van der Waals surface area contributed by atoms with E-state index in [1.165, 1.54) is 7.11 Å². The van der Waals surface area contributed by atoms with E-state index in [-0.39, 0.29) is 12.6 Å². The number of rotatable bonds is 7. The van der Waals surface area contributed by atoms with Gasteiger partial charge in [-0.15, -0.1) is 0 Å². The SMILES string of the molecule is COC(=O)c1ccc(CN(CCCO)C(C)C)cc1. The highest BCUT2D eigenvalue weighted by Crippen LogP contribution is 2.11. The standard InChI is InChI=1S/C15H23NO3/c1-12(2)16(9-4-10-17)11-13-5-7-14(8-6-13)15(18)19-3/h5-8,12,17H,4,9-11H2,1-3H3. The van der Waals surface area contributed by atoms with Crippen LogP contribution in [0.5, 0.6) is 0 Å². The van der Waals surface area contributed by atoms with Gasteiger partial charge in [-0.3, -0.25) is 4.90 Å². The summed E-state index contributed by atoms with van der Waals surface area (Å²) in [4.78, 5) is 13.6. The number of nitrogens with zero attached hydrogens (tertiary/aromatic N) is 1. The number of carbonyl (C=O) groups is 1. The van der Waals surface area contributed by atoms with Crippen molar-refractivity contribution in [1.29, 1.82) is 0 Å². The molecule has 0 aliphatic carbocycles. The summed E-state index contributed by atoms with van der Waals surface area (Å²) in [5, 5.41) is 8.91. The Bertz CT molecular complexity index is 387. The summed E-state index contributed by atoms with van der Waals surface area (Å²) in [5.74, 6) is -0.312. The highest BCUT2D eigenvalue weighted by Gasteiger charge is 2.10. The molecule has 4 heteroatoms. The van der Waals surface area contributed by atoms with Crippen molar-refractivity contribution in [3.63, 3.8) is 0 Å².